The molecular weight excluding hydrogens is 673 g/mol. The molecule has 0 amide bonds. The maximum Gasteiger partial charge on any atom is -0.00201 e. The molecule has 0 aliphatic heterocycles. The summed E-state index contributed by atoms with van der Waals surface area (Å²) in [7, 11) is 0. The topological polar surface area (TPSA) is 0 Å². The zero-order valence-corrected chi connectivity index (χ0v) is 30.5. The average Bonchev–Trinajstić information content (AvgIpc) is 3.27. The van der Waals surface area contributed by atoms with Crippen molar-refractivity contribution in [2.24, 2.45) is 0 Å². The highest BCUT2D eigenvalue weighted by atomic mass is 14.2. The van der Waals surface area contributed by atoms with Crippen molar-refractivity contribution >= 4 is 97.0 Å². The fourth-order valence-corrected chi connectivity index (χ4v) is 10.3. The molecule has 0 saturated heterocycles. The van der Waals surface area contributed by atoms with Crippen LogP contribution in [-0.2, 0) is 0 Å². The van der Waals surface area contributed by atoms with Crippen LogP contribution in [0.3, 0.4) is 0 Å². The summed E-state index contributed by atoms with van der Waals surface area (Å²) in [4.78, 5) is 0. The molecule has 56 heavy (non-hydrogen) atoms. The van der Waals surface area contributed by atoms with Gasteiger partial charge in [0.2, 0.25) is 0 Å². The molecule has 13 rings (SSSR count). The molecule has 0 aliphatic rings. The second kappa shape index (κ2) is 11.1. The molecule has 0 radical (unpaired) electrons. The van der Waals surface area contributed by atoms with Crippen molar-refractivity contribution in [1.29, 1.82) is 0 Å². The van der Waals surface area contributed by atoms with E-state index in [0.717, 1.165) is 0 Å². The molecule has 0 saturated carbocycles. The number of rotatable bonds is 3. The quantitative estimate of drug-likeness (QED) is 0.161. The lowest BCUT2D eigenvalue weighted by atomic mass is 9.82. The Morgan fingerprint density at radius 2 is 0.589 bits per heavy atom. The lowest BCUT2D eigenvalue weighted by molar-refractivity contribution is 1.66. The maximum absolute atomic E-state index is 2.46. The second-order valence-corrected chi connectivity index (χ2v) is 15.5. The van der Waals surface area contributed by atoms with E-state index in [1.165, 1.54) is 130 Å². The van der Waals surface area contributed by atoms with Crippen molar-refractivity contribution < 1.29 is 0 Å². The van der Waals surface area contributed by atoms with Gasteiger partial charge in [0, 0.05) is 0 Å². The van der Waals surface area contributed by atoms with Crippen LogP contribution in [0.5, 0.6) is 0 Å². The summed E-state index contributed by atoms with van der Waals surface area (Å²) < 4.78 is 0. The lowest BCUT2D eigenvalue weighted by Gasteiger charge is -2.21. The summed E-state index contributed by atoms with van der Waals surface area (Å²) >= 11 is 0. The first kappa shape index (κ1) is 30.1. The lowest BCUT2D eigenvalue weighted by Crippen LogP contribution is -1.93. The van der Waals surface area contributed by atoms with Gasteiger partial charge in [0.25, 0.3) is 0 Å². The molecular formula is C56H32. The van der Waals surface area contributed by atoms with E-state index < -0.39 is 0 Å². The van der Waals surface area contributed by atoms with Crippen LogP contribution in [-0.4, -0.2) is 0 Å². The third-order valence-electron chi connectivity index (χ3n) is 12.7. The van der Waals surface area contributed by atoms with Crippen LogP contribution in [0.4, 0.5) is 0 Å². The highest BCUT2D eigenvalue weighted by Gasteiger charge is 2.21. The number of benzene rings is 13. The van der Waals surface area contributed by atoms with Crippen molar-refractivity contribution in [3.8, 4) is 33.4 Å². The molecule has 0 heterocycles. The zero-order valence-electron chi connectivity index (χ0n) is 30.5. The fourth-order valence-electron chi connectivity index (χ4n) is 10.3. The van der Waals surface area contributed by atoms with Crippen molar-refractivity contribution in [3.05, 3.63) is 194 Å². The van der Waals surface area contributed by atoms with Gasteiger partial charge in [-0.2, -0.15) is 0 Å². The molecule has 0 aliphatic carbocycles. The van der Waals surface area contributed by atoms with Gasteiger partial charge in [-0.05, 0) is 155 Å². The first-order valence-electron chi connectivity index (χ1n) is 19.6. The molecule has 0 bridgehead atoms. The monoisotopic (exact) mass is 704 g/mol. The minimum Gasteiger partial charge on any atom is -0.0622 e. The summed E-state index contributed by atoms with van der Waals surface area (Å²) in [5.41, 5.74) is 7.63. The molecule has 0 heteroatoms. The first-order valence-corrected chi connectivity index (χ1v) is 19.6. The van der Waals surface area contributed by atoms with Crippen LogP contribution >= 0.6 is 0 Å². The van der Waals surface area contributed by atoms with E-state index in [9.17, 15) is 0 Å². The van der Waals surface area contributed by atoms with Crippen LogP contribution in [0.1, 0.15) is 0 Å². The van der Waals surface area contributed by atoms with Gasteiger partial charge in [-0.25, -0.2) is 0 Å². The molecule has 0 spiro atoms. The Kier molecular flexibility index (Phi) is 5.98. The summed E-state index contributed by atoms with van der Waals surface area (Å²) in [5.74, 6) is 0. The van der Waals surface area contributed by atoms with Gasteiger partial charge in [-0.3, -0.25) is 0 Å². The largest absolute Gasteiger partial charge is 0.0622 e. The predicted octanol–water partition coefficient (Wildman–Crippen LogP) is 15.9. The van der Waals surface area contributed by atoms with Gasteiger partial charge in [-0.1, -0.05) is 170 Å². The molecule has 256 valence electrons. The summed E-state index contributed by atoms with van der Waals surface area (Å²) in [5, 5.41) is 23.5. The normalized spacial score (nSPS) is 12.3. The van der Waals surface area contributed by atoms with Crippen molar-refractivity contribution in [2.45, 2.75) is 0 Å². The Morgan fingerprint density at radius 1 is 0.179 bits per heavy atom. The fraction of sp³-hybridized carbons (Fsp3) is 0. The van der Waals surface area contributed by atoms with E-state index in [1.54, 1.807) is 0 Å². The second-order valence-electron chi connectivity index (χ2n) is 15.5. The molecule has 13 aromatic rings. The molecule has 0 fully saturated rings. The third-order valence-corrected chi connectivity index (χ3v) is 12.7. The van der Waals surface area contributed by atoms with Crippen LogP contribution < -0.4 is 0 Å². The van der Waals surface area contributed by atoms with E-state index in [-0.39, 0.29) is 0 Å². The Labute approximate surface area is 323 Å². The van der Waals surface area contributed by atoms with Crippen molar-refractivity contribution in [3.63, 3.8) is 0 Å². The van der Waals surface area contributed by atoms with Crippen molar-refractivity contribution in [2.75, 3.05) is 0 Å². The number of hydrogen-bond donors (Lipinski definition) is 0. The zero-order chi connectivity index (χ0) is 36.5. The third kappa shape index (κ3) is 4.03. The Balaban J connectivity index is 1.08. The van der Waals surface area contributed by atoms with Crippen LogP contribution in [0.2, 0.25) is 0 Å². The van der Waals surface area contributed by atoms with Gasteiger partial charge in [0.05, 0.1) is 0 Å². The minimum absolute atomic E-state index is 1.25. The van der Waals surface area contributed by atoms with E-state index in [0.29, 0.717) is 0 Å². The average molecular weight is 705 g/mol. The van der Waals surface area contributed by atoms with Crippen LogP contribution in [0.15, 0.2) is 194 Å². The standard InChI is InChI=1S/C56H32/c1-2-11-33(12-3-1)39-26-25-38-32-52(46-21-8-13-34-23-28-48(39)56(38)53(34)46)51-31-37-15-9-20-45-49(30-36-14-10-22-47(51)55(36)54(37)45)35-24-27-44-42-18-5-4-16-40(42)41-17-6-7-19-43(41)50(44)29-35/h1-32H. The van der Waals surface area contributed by atoms with Gasteiger partial charge in [0.15, 0.2) is 0 Å². The molecule has 0 aromatic heterocycles. The minimum atomic E-state index is 1.25. The highest BCUT2D eigenvalue weighted by molar-refractivity contribution is 6.33. The molecule has 0 N–H and O–H groups in total. The van der Waals surface area contributed by atoms with E-state index in [2.05, 4.69) is 194 Å². The molecule has 0 atom stereocenters. The van der Waals surface area contributed by atoms with Crippen molar-refractivity contribution in [1.82, 2.24) is 0 Å². The van der Waals surface area contributed by atoms with E-state index >= 15 is 0 Å². The SMILES string of the molecule is c1ccc(-c2ccc3cc(-c4cc5cccc6c(-c7ccc8c9ccccc9c9ccccc9c8c7)cc7cccc4c7c56)c4cccc5ccc2c3c54)cc1. The highest BCUT2D eigenvalue weighted by Crippen LogP contribution is 2.48. The number of hydrogen-bond acceptors (Lipinski definition) is 0. The summed E-state index contributed by atoms with van der Waals surface area (Å²) in [6.45, 7) is 0. The summed E-state index contributed by atoms with van der Waals surface area (Å²) in [6, 6.07) is 72.9. The smallest absolute Gasteiger partial charge is 0.00201 e. The number of fused-ring (bicyclic) bond motifs is 6. The maximum atomic E-state index is 2.46. The Morgan fingerprint density at radius 3 is 1.21 bits per heavy atom. The Bertz CT molecular complexity index is 3700. The predicted molar refractivity (Wildman–Crippen MR) is 243 cm³/mol. The van der Waals surface area contributed by atoms with Gasteiger partial charge in [-0.15, -0.1) is 0 Å². The van der Waals surface area contributed by atoms with Gasteiger partial charge < -0.3 is 0 Å². The molecule has 13 aromatic carbocycles. The molecule has 0 nitrogen and oxygen atoms in total. The first-order chi connectivity index (χ1) is 27.8. The van der Waals surface area contributed by atoms with E-state index in [1.807, 2.05) is 0 Å². The van der Waals surface area contributed by atoms with Crippen LogP contribution in [0.25, 0.3) is 130 Å². The molecule has 0 unspecified atom stereocenters. The van der Waals surface area contributed by atoms with Gasteiger partial charge in [0.1, 0.15) is 0 Å². The van der Waals surface area contributed by atoms with Gasteiger partial charge >= 0.3 is 0 Å². The van der Waals surface area contributed by atoms with E-state index in [4.69, 9.17) is 0 Å². The Hall–Kier alpha value is -7.28. The van der Waals surface area contributed by atoms with Crippen LogP contribution in [0, 0.1) is 0 Å². The summed E-state index contributed by atoms with van der Waals surface area (Å²) in [6.07, 6.45) is 0.